The number of halogens is 3. The molecule has 1 nitrogen and oxygen atoms in total. The fraction of sp³-hybridized carbons (Fsp3) is 0.700. The van der Waals surface area contributed by atoms with E-state index in [1.807, 2.05) is 0 Å². The molecule has 0 aliphatic carbocycles. The molecule has 81 valence electrons. The molecular weight excluding hydrogens is 193 g/mol. The van der Waals surface area contributed by atoms with Gasteiger partial charge in [-0.3, -0.25) is 0 Å². The molecule has 0 aromatic rings. The Morgan fingerprint density at radius 2 is 1.93 bits per heavy atom. The molecule has 0 unspecified atom stereocenters. The number of hydrogen-bond donors (Lipinski definition) is 0. The molecule has 0 aliphatic heterocycles. The maximum atomic E-state index is 11.5. The molecular formula is C10H14F3O. The lowest BCUT2D eigenvalue weighted by atomic mass is 10.2. The van der Waals surface area contributed by atoms with Crippen LogP contribution in [0.2, 0.25) is 0 Å². The number of unbranched alkanes of at least 4 members (excludes halogenated alkanes) is 3. The van der Waals surface area contributed by atoms with Crippen LogP contribution in [0.25, 0.3) is 0 Å². The minimum atomic E-state index is -4.35. The summed E-state index contributed by atoms with van der Waals surface area (Å²) in [5.41, 5.74) is 0. The van der Waals surface area contributed by atoms with E-state index in [1.54, 1.807) is 13.5 Å². The Morgan fingerprint density at radius 1 is 1.21 bits per heavy atom. The van der Waals surface area contributed by atoms with Gasteiger partial charge in [-0.25, -0.2) is 0 Å². The van der Waals surface area contributed by atoms with Crippen molar-refractivity contribution in [2.75, 3.05) is 6.61 Å². The van der Waals surface area contributed by atoms with Gasteiger partial charge in [-0.2, -0.15) is 13.2 Å². The van der Waals surface area contributed by atoms with Gasteiger partial charge in [0.05, 0.1) is 6.61 Å². The second-order valence-electron chi connectivity index (χ2n) is 2.72. The first-order chi connectivity index (χ1) is 6.56. The lowest BCUT2D eigenvalue weighted by Gasteiger charge is -1.98. The SMILES string of the molecule is C[CH]OCCCCCC#CC(F)(F)F. The van der Waals surface area contributed by atoms with E-state index >= 15 is 0 Å². The molecule has 0 spiro atoms. The topological polar surface area (TPSA) is 9.23 Å². The van der Waals surface area contributed by atoms with E-state index < -0.39 is 6.18 Å². The summed E-state index contributed by atoms with van der Waals surface area (Å²) in [4.78, 5) is 0. The summed E-state index contributed by atoms with van der Waals surface area (Å²) in [5, 5.41) is 0. The van der Waals surface area contributed by atoms with Gasteiger partial charge in [-0.1, -0.05) is 12.3 Å². The van der Waals surface area contributed by atoms with Gasteiger partial charge in [0.1, 0.15) is 0 Å². The summed E-state index contributed by atoms with van der Waals surface area (Å²) in [6.07, 6.45) is -1.65. The quantitative estimate of drug-likeness (QED) is 0.479. The highest BCUT2D eigenvalue weighted by Crippen LogP contribution is 2.12. The van der Waals surface area contributed by atoms with Crippen LogP contribution in [0.3, 0.4) is 0 Å². The predicted molar refractivity (Wildman–Crippen MR) is 48.2 cm³/mol. The Balaban J connectivity index is 3.24. The van der Waals surface area contributed by atoms with Crippen molar-refractivity contribution >= 4 is 0 Å². The van der Waals surface area contributed by atoms with Crippen molar-refractivity contribution in [3.05, 3.63) is 6.61 Å². The zero-order valence-corrected chi connectivity index (χ0v) is 8.16. The molecule has 0 fully saturated rings. The second-order valence-corrected chi connectivity index (χ2v) is 2.72. The minimum absolute atomic E-state index is 0.301. The summed E-state index contributed by atoms with van der Waals surface area (Å²) in [5.74, 6) is 3.33. The molecule has 0 heterocycles. The fourth-order valence-corrected chi connectivity index (χ4v) is 0.856. The molecule has 0 aromatic carbocycles. The van der Waals surface area contributed by atoms with Gasteiger partial charge < -0.3 is 4.74 Å². The molecule has 4 heteroatoms. The third kappa shape index (κ3) is 11.3. The van der Waals surface area contributed by atoms with Crippen molar-refractivity contribution in [3.8, 4) is 11.8 Å². The van der Waals surface area contributed by atoms with Crippen LogP contribution in [0.15, 0.2) is 0 Å². The molecule has 0 amide bonds. The minimum Gasteiger partial charge on any atom is -0.376 e. The normalized spacial score (nSPS) is 10.9. The molecule has 1 radical (unpaired) electrons. The third-order valence-electron chi connectivity index (χ3n) is 1.46. The Kier molecular flexibility index (Phi) is 7.31. The van der Waals surface area contributed by atoms with Gasteiger partial charge in [0.2, 0.25) is 0 Å². The van der Waals surface area contributed by atoms with Gasteiger partial charge in [-0.15, -0.1) is 0 Å². The summed E-state index contributed by atoms with van der Waals surface area (Å²) >= 11 is 0. The number of hydrogen-bond acceptors (Lipinski definition) is 1. The molecule has 0 saturated heterocycles. The highest BCUT2D eigenvalue weighted by atomic mass is 19.4. The van der Waals surface area contributed by atoms with Gasteiger partial charge in [-0.05, 0) is 19.8 Å². The molecule has 0 N–H and O–H groups in total. The highest BCUT2D eigenvalue weighted by molar-refractivity contribution is 5.04. The average Bonchev–Trinajstić information content (AvgIpc) is 2.08. The maximum Gasteiger partial charge on any atom is 0.457 e. The fourth-order valence-electron chi connectivity index (χ4n) is 0.856. The van der Waals surface area contributed by atoms with Crippen molar-refractivity contribution in [2.24, 2.45) is 0 Å². The average molecular weight is 207 g/mol. The first-order valence-electron chi connectivity index (χ1n) is 4.52. The molecule has 14 heavy (non-hydrogen) atoms. The Bertz CT molecular complexity index is 188. The predicted octanol–water partition coefficient (Wildman–Crippen LogP) is 3.31. The zero-order chi connectivity index (χ0) is 10.9. The summed E-state index contributed by atoms with van der Waals surface area (Å²) in [6.45, 7) is 4.02. The van der Waals surface area contributed by atoms with Crippen molar-refractivity contribution in [2.45, 2.75) is 38.8 Å². The first kappa shape index (κ1) is 13.3. The van der Waals surface area contributed by atoms with Crippen molar-refractivity contribution in [3.63, 3.8) is 0 Å². The van der Waals surface area contributed by atoms with E-state index in [0.29, 0.717) is 19.4 Å². The van der Waals surface area contributed by atoms with Crippen LogP contribution in [-0.4, -0.2) is 12.8 Å². The maximum absolute atomic E-state index is 11.5. The highest BCUT2D eigenvalue weighted by Gasteiger charge is 2.22. The number of ether oxygens (including phenoxy) is 1. The summed E-state index contributed by atoms with van der Waals surface area (Å²) in [7, 11) is 0. The number of rotatable bonds is 6. The van der Waals surface area contributed by atoms with Crippen LogP contribution >= 0.6 is 0 Å². The summed E-state index contributed by atoms with van der Waals surface area (Å²) < 4.78 is 39.6. The van der Waals surface area contributed by atoms with E-state index in [9.17, 15) is 13.2 Å². The smallest absolute Gasteiger partial charge is 0.376 e. The van der Waals surface area contributed by atoms with Crippen LogP contribution in [-0.2, 0) is 4.74 Å². The summed E-state index contributed by atoms with van der Waals surface area (Å²) in [6, 6.07) is 0. The molecule has 0 aliphatic rings. The Hall–Kier alpha value is -0.690. The Morgan fingerprint density at radius 3 is 2.50 bits per heavy atom. The lowest BCUT2D eigenvalue weighted by Crippen LogP contribution is -2.01. The van der Waals surface area contributed by atoms with E-state index in [0.717, 1.165) is 12.8 Å². The lowest BCUT2D eigenvalue weighted by molar-refractivity contribution is -0.0697. The molecule has 0 bridgehead atoms. The number of alkyl halides is 3. The van der Waals surface area contributed by atoms with Crippen LogP contribution in [0.1, 0.15) is 32.6 Å². The van der Waals surface area contributed by atoms with Gasteiger partial charge in [0, 0.05) is 18.9 Å². The standard InChI is InChI=1S/C10H14F3O/c1-2-14-9-7-5-3-4-6-8-10(11,12)13/h2H,3-5,7,9H2,1H3. The zero-order valence-electron chi connectivity index (χ0n) is 8.16. The molecule has 0 aromatic heterocycles. The van der Waals surface area contributed by atoms with Gasteiger partial charge in [0.25, 0.3) is 0 Å². The molecule has 0 saturated carbocycles. The second kappa shape index (κ2) is 7.69. The van der Waals surface area contributed by atoms with Crippen LogP contribution in [0.4, 0.5) is 13.2 Å². The van der Waals surface area contributed by atoms with Crippen LogP contribution in [0.5, 0.6) is 0 Å². The van der Waals surface area contributed by atoms with Crippen LogP contribution in [0, 0.1) is 18.4 Å². The van der Waals surface area contributed by atoms with E-state index in [1.165, 1.54) is 5.92 Å². The van der Waals surface area contributed by atoms with Gasteiger partial charge >= 0.3 is 6.18 Å². The van der Waals surface area contributed by atoms with E-state index in [4.69, 9.17) is 4.74 Å². The monoisotopic (exact) mass is 207 g/mol. The van der Waals surface area contributed by atoms with Gasteiger partial charge in [0.15, 0.2) is 0 Å². The third-order valence-corrected chi connectivity index (χ3v) is 1.46. The van der Waals surface area contributed by atoms with E-state index in [-0.39, 0.29) is 0 Å². The van der Waals surface area contributed by atoms with E-state index in [2.05, 4.69) is 5.92 Å². The Labute approximate surface area is 82.6 Å². The van der Waals surface area contributed by atoms with Crippen molar-refractivity contribution < 1.29 is 17.9 Å². The van der Waals surface area contributed by atoms with Crippen LogP contribution < -0.4 is 0 Å². The molecule has 0 atom stereocenters. The largest absolute Gasteiger partial charge is 0.457 e. The molecule has 0 rings (SSSR count). The van der Waals surface area contributed by atoms with Crippen molar-refractivity contribution in [1.82, 2.24) is 0 Å². The first-order valence-corrected chi connectivity index (χ1v) is 4.52. The van der Waals surface area contributed by atoms with Crippen molar-refractivity contribution in [1.29, 1.82) is 0 Å².